The summed E-state index contributed by atoms with van der Waals surface area (Å²) in [5, 5.41) is 2.64. The van der Waals surface area contributed by atoms with Crippen LogP contribution in [0.4, 0.5) is 13.2 Å². The molecule has 1 aromatic carbocycles. The van der Waals surface area contributed by atoms with Crippen LogP contribution >= 0.6 is 0 Å². The number of carbonyl (C=O) groups is 1. The molecule has 0 radical (unpaired) electrons. The number of carbonyl (C=O) groups excluding carboxylic acids is 1. The Kier molecular flexibility index (Phi) is 7.45. The number of amides is 1. The van der Waals surface area contributed by atoms with Crippen molar-refractivity contribution in [3.63, 3.8) is 0 Å². The van der Waals surface area contributed by atoms with Crippen LogP contribution in [0, 0.1) is 0 Å². The molecule has 0 aliphatic heterocycles. The maximum Gasteiger partial charge on any atom is 0.422 e. The van der Waals surface area contributed by atoms with Crippen LogP contribution in [-0.4, -0.2) is 30.3 Å². The molecule has 0 aliphatic rings. The molecule has 0 saturated carbocycles. The van der Waals surface area contributed by atoms with Crippen molar-refractivity contribution in [3.05, 3.63) is 53.7 Å². The molecule has 1 aromatic heterocycles. The largest absolute Gasteiger partial charge is 0.494 e. The number of aromatic nitrogens is 1. The van der Waals surface area contributed by atoms with Crippen molar-refractivity contribution < 1.29 is 27.4 Å². The molecular formula is C19H21F3N2O3. The first kappa shape index (κ1) is 20.5. The first-order valence-corrected chi connectivity index (χ1v) is 8.53. The molecule has 0 bridgehead atoms. The Morgan fingerprint density at radius 1 is 1.15 bits per heavy atom. The van der Waals surface area contributed by atoms with E-state index >= 15 is 0 Å². The van der Waals surface area contributed by atoms with Crippen LogP contribution in [0.5, 0.6) is 11.6 Å². The zero-order valence-corrected chi connectivity index (χ0v) is 14.9. The predicted octanol–water partition coefficient (Wildman–Crippen LogP) is 4.13. The summed E-state index contributed by atoms with van der Waals surface area (Å²) >= 11 is 0. The molecule has 0 aliphatic carbocycles. The highest BCUT2D eigenvalue weighted by atomic mass is 19.4. The predicted molar refractivity (Wildman–Crippen MR) is 93.8 cm³/mol. The van der Waals surface area contributed by atoms with Crippen LogP contribution in [-0.2, 0) is 6.54 Å². The molecule has 1 amide bonds. The van der Waals surface area contributed by atoms with Crippen molar-refractivity contribution in [1.82, 2.24) is 10.3 Å². The fourth-order valence-electron chi connectivity index (χ4n) is 2.15. The molecule has 27 heavy (non-hydrogen) atoms. The topological polar surface area (TPSA) is 60.5 Å². The summed E-state index contributed by atoms with van der Waals surface area (Å²) < 4.78 is 47.1. The van der Waals surface area contributed by atoms with Crippen LogP contribution in [0.2, 0.25) is 0 Å². The number of rotatable bonds is 9. The lowest BCUT2D eigenvalue weighted by Gasteiger charge is -2.12. The number of pyridine rings is 1. The number of hydrogen-bond acceptors (Lipinski definition) is 4. The standard InChI is InChI=1S/C19H21F3N2O3/c1-2-3-11-26-16-8-6-14(7-9-16)17(25)24-12-15-5-4-10-23-18(15)27-13-19(20,21)22/h4-10H,2-3,11-13H2,1H3,(H,24,25). The molecule has 0 spiro atoms. The number of nitrogens with zero attached hydrogens (tertiary/aromatic N) is 1. The number of nitrogens with one attached hydrogen (secondary N) is 1. The first-order chi connectivity index (χ1) is 12.9. The van der Waals surface area contributed by atoms with E-state index < -0.39 is 12.8 Å². The quantitative estimate of drug-likeness (QED) is 0.663. The SMILES string of the molecule is CCCCOc1ccc(C(=O)NCc2cccnc2OCC(F)(F)F)cc1. The molecule has 1 N–H and O–H groups in total. The summed E-state index contributed by atoms with van der Waals surface area (Å²) in [4.78, 5) is 16.0. The summed E-state index contributed by atoms with van der Waals surface area (Å²) in [6.45, 7) is 1.24. The van der Waals surface area contributed by atoms with Gasteiger partial charge >= 0.3 is 6.18 Å². The smallest absolute Gasteiger partial charge is 0.422 e. The lowest BCUT2D eigenvalue weighted by molar-refractivity contribution is -0.154. The third kappa shape index (κ3) is 7.16. The number of benzene rings is 1. The van der Waals surface area contributed by atoms with E-state index in [2.05, 4.69) is 17.2 Å². The number of hydrogen-bond donors (Lipinski definition) is 1. The van der Waals surface area contributed by atoms with Crippen LogP contribution in [0.1, 0.15) is 35.7 Å². The molecule has 0 fully saturated rings. The third-order valence-electron chi connectivity index (χ3n) is 3.55. The minimum absolute atomic E-state index is 0.00534. The summed E-state index contributed by atoms with van der Waals surface area (Å²) in [6.07, 6.45) is -1.15. The maximum atomic E-state index is 12.3. The maximum absolute atomic E-state index is 12.3. The van der Waals surface area contributed by atoms with E-state index in [1.807, 2.05) is 0 Å². The van der Waals surface area contributed by atoms with Gasteiger partial charge in [-0.15, -0.1) is 0 Å². The molecule has 8 heteroatoms. The average Bonchev–Trinajstić information content (AvgIpc) is 2.65. The second-order valence-corrected chi connectivity index (χ2v) is 5.78. The normalized spacial score (nSPS) is 11.1. The minimum atomic E-state index is -4.46. The Morgan fingerprint density at radius 3 is 2.56 bits per heavy atom. The molecule has 2 aromatic rings. The number of halogens is 3. The van der Waals surface area contributed by atoms with Gasteiger partial charge in [-0.05, 0) is 36.8 Å². The van der Waals surface area contributed by atoms with Crippen LogP contribution in [0.15, 0.2) is 42.6 Å². The number of alkyl halides is 3. The van der Waals surface area contributed by atoms with Crippen molar-refractivity contribution in [3.8, 4) is 11.6 Å². The Balaban J connectivity index is 1.91. The van der Waals surface area contributed by atoms with Gasteiger partial charge in [0.05, 0.1) is 6.61 Å². The van der Waals surface area contributed by atoms with Crippen molar-refractivity contribution >= 4 is 5.91 Å². The third-order valence-corrected chi connectivity index (χ3v) is 3.55. The molecule has 5 nitrogen and oxygen atoms in total. The van der Waals surface area contributed by atoms with Gasteiger partial charge in [-0.3, -0.25) is 4.79 Å². The van der Waals surface area contributed by atoms with Crippen molar-refractivity contribution in [2.75, 3.05) is 13.2 Å². The van der Waals surface area contributed by atoms with Gasteiger partial charge in [-0.25, -0.2) is 4.98 Å². The van der Waals surface area contributed by atoms with E-state index in [0.717, 1.165) is 12.8 Å². The molecular weight excluding hydrogens is 361 g/mol. The van der Waals surface area contributed by atoms with Crippen molar-refractivity contribution in [2.24, 2.45) is 0 Å². The van der Waals surface area contributed by atoms with E-state index in [9.17, 15) is 18.0 Å². The lowest BCUT2D eigenvalue weighted by Crippen LogP contribution is -2.24. The summed E-state index contributed by atoms with van der Waals surface area (Å²) in [7, 11) is 0. The van der Waals surface area contributed by atoms with Gasteiger partial charge in [-0.1, -0.05) is 19.4 Å². The fraction of sp³-hybridized carbons (Fsp3) is 0.368. The zero-order valence-electron chi connectivity index (χ0n) is 14.9. The second-order valence-electron chi connectivity index (χ2n) is 5.78. The van der Waals surface area contributed by atoms with Gasteiger partial charge in [-0.2, -0.15) is 13.2 Å². The van der Waals surface area contributed by atoms with Gasteiger partial charge in [0.25, 0.3) is 5.91 Å². The number of ether oxygens (including phenoxy) is 2. The van der Waals surface area contributed by atoms with Crippen molar-refractivity contribution in [1.29, 1.82) is 0 Å². The van der Waals surface area contributed by atoms with Crippen LogP contribution in [0.25, 0.3) is 0 Å². The van der Waals surface area contributed by atoms with Crippen molar-refractivity contribution in [2.45, 2.75) is 32.5 Å². The van der Waals surface area contributed by atoms with Gasteiger partial charge in [0, 0.05) is 23.9 Å². The van der Waals surface area contributed by atoms with E-state index in [-0.39, 0.29) is 18.3 Å². The van der Waals surface area contributed by atoms with Gasteiger partial charge < -0.3 is 14.8 Å². The first-order valence-electron chi connectivity index (χ1n) is 8.53. The van der Waals surface area contributed by atoms with Gasteiger partial charge in [0.1, 0.15) is 5.75 Å². The Morgan fingerprint density at radius 2 is 1.89 bits per heavy atom. The van der Waals surface area contributed by atoms with E-state index in [4.69, 9.17) is 9.47 Å². The molecule has 0 unspecified atom stereocenters. The highest BCUT2D eigenvalue weighted by Crippen LogP contribution is 2.20. The van der Waals surface area contributed by atoms with Crippen LogP contribution < -0.4 is 14.8 Å². The van der Waals surface area contributed by atoms with Crippen LogP contribution in [0.3, 0.4) is 0 Å². The Hall–Kier alpha value is -2.77. The molecule has 146 valence electrons. The zero-order chi connectivity index (χ0) is 19.7. The highest BCUT2D eigenvalue weighted by Gasteiger charge is 2.29. The second kappa shape index (κ2) is 9.80. The number of unbranched alkanes of at least 4 members (excludes halogenated alkanes) is 1. The average molecular weight is 382 g/mol. The molecule has 0 saturated heterocycles. The molecule has 1 heterocycles. The lowest BCUT2D eigenvalue weighted by atomic mass is 10.2. The van der Waals surface area contributed by atoms with Gasteiger partial charge in [0.15, 0.2) is 6.61 Å². The summed E-state index contributed by atoms with van der Waals surface area (Å²) in [5.74, 6) is 0.158. The summed E-state index contributed by atoms with van der Waals surface area (Å²) in [6, 6.07) is 9.76. The molecule has 2 rings (SSSR count). The van der Waals surface area contributed by atoms with E-state index in [1.165, 1.54) is 6.20 Å². The molecule has 0 atom stereocenters. The van der Waals surface area contributed by atoms with Gasteiger partial charge in [0.2, 0.25) is 5.88 Å². The summed E-state index contributed by atoms with van der Waals surface area (Å²) in [5.41, 5.74) is 0.772. The monoisotopic (exact) mass is 382 g/mol. The van der Waals surface area contributed by atoms with E-state index in [0.29, 0.717) is 23.5 Å². The highest BCUT2D eigenvalue weighted by molar-refractivity contribution is 5.94. The minimum Gasteiger partial charge on any atom is -0.494 e. The fourth-order valence-corrected chi connectivity index (χ4v) is 2.15. The van der Waals surface area contributed by atoms with E-state index in [1.54, 1.807) is 36.4 Å². The Labute approximate surface area is 155 Å². The Bertz CT molecular complexity index is 734.